The molecule has 2 amide bonds. The van der Waals surface area contributed by atoms with E-state index < -0.39 is 131 Å². The lowest BCUT2D eigenvalue weighted by Gasteiger charge is -2.62. The third-order valence-corrected chi connectivity index (χ3v) is 27.8. The number of benzene rings is 5. The van der Waals surface area contributed by atoms with Gasteiger partial charge in [-0.25, -0.2) is 19.2 Å². The lowest BCUT2D eigenvalue weighted by molar-refractivity contribution is -0.159. The number of cyclic esters (lactones) is 1. The first-order valence-electron chi connectivity index (χ1n) is 42.2. The summed E-state index contributed by atoms with van der Waals surface area (Å²) in [5, 5.41) is 40.4. The Morgan fingerprint density at radius 2 is 1.23 bits per heavy atom. The number of methoxy groups -OCH3 is 4. The van der Waals surface area contributed by atoms with Crippen molar-refractivity contribution in [3.8, 4) is 63.5 Å². The fourth-order valence-corrected chi connectivity index (χ4v) is 23.0. The number of aryl methyl sites for hydroxylation is 2. The quantitative estimate of drug-likeness (QED) is 0.0170. The van der Waals surface area contributed by atoms with Crippen LogP contribution in [0.5, 0.6) is 40.2 Å². The van der Waals surface area contributed by atoms with Crippen LogP contribution in [0.2, 0.25) is 0 Å². The molecule has 32 nitrogen and oxygen atoms in total. The Bertz CT molecular complexity index is 5200. The van der Waals surface area contributed by atoms with Crippen LogP contribution >= 0.6 is 23.5 Å². The Morgan fingerprint density at radius 3 is 1.81 bits per heavy atom. The van der Waals surface area contributed by atoms with Crippen LogP contribution in [0.4, 0.5) is 9.59 Å². The van der Waals surface area contributed by atoms with Crippen molar-refractivity contribution in [2.75, 3.05) is 127 Å². The highest BCUT2D eigenvalue weighted by atomic mass is 32.2. The van der Waals surface area contributed by atoms with Crippen molar-refractivity contribution in [2.24, 2.45) is 0 Å². The monoisotopic (exact) mass is 1770 g/mol. The number of carbonyl (C=O) groups excluding carboxylic acids is 6. The zero-order chi connectivity index (χ0) is 89.9. The molecule has 9 aliphatic heterocycles. The molecule has 5 saturated heterocycles. The number of nitrogens with zero attached hydrogens (tertiary/aromatic N) is 6. The molecule has 3 N–H and O–H groups in total. The molecular weight excluding hydrogens is 1670 g/mol. The van der Waals surface area contributed by atoms with Crippen LogP contribution < -0.4 is 43.8 Å². The predicted molar refractivity (Wildman–Crippen MR) is 459 cm³/mol. The van der Waals surface area contributed by atoms with Gasteiger partial charge < -0.3 is 96.3 Å². The van der Waals surface area contributed by atoms with Gasteiger partial charge in [0.15, 0.2) is 71.0 Å². The second kappa shape index (κ2) is 36.9. The summed E-state index contributed by atoms with van der Waals surface area (Å²) in [6.07, 6.45) is -0.747. The molecule has 0 aromatic heterocycles. The summed E-state index contributed by atoms with van der Waals surface area (Å²) in [7, 11) is 10.3. The number of hydrogen-bond acceptors (Lipinski definition) is 32. The van der Waals surface area contributed by atoms with Gasteiger partial charge in [-0.1, -0.05) is 60.7 Å². The number of ketones is 1. The summed E-state index contributed by atoms with van der Waals surface area (Å²) < 4.78 is 101. The molecule has 2 aliphatic carbocycles. The number of rotatable bonds is 24. The summed E-state index contributed by atoms with van der Waals surface area (Å²) in [5.41, 5.74) is 8.40. The number of aliphatic hydroxyl groups is 1. The van der Waals surface area contributed by atoms with Crippen molar-refractivity contribution in [3.63, 3.8) is 0 Å². The summed E-state index contributed by atoms with van der Waals surface area (Å²) in [5.74, 6) is 1.91. The third kappa shape index (κ3) is 16.8. The van der Waals surface area contributed by atoms with Crippen LogP contribution in [-0.2, 0) is 79.4 Å². The van der Waals surface area contributed by atoms with Crippen LogP contribution in [0, 0.1) is 43.4 Å². The maximum atomic E-state index is 14.7. The van der Waals surface area contributed by atoms with Crippen LogP contribution in [0.25, 0.3) is 11.1 Å². The summed E-state index contributed by atoms with van der Waals surface area (Å²) in [6, 6.07) is 17.4. The van der Waals surface area contributed by atoms with E-state index in [0.29, 0.717) is 102 Å². The summed E-state index contributed by atoms with van der Waals surface area (Å²) in [4.78, 5) is 91.1. The molecule has 3 unspecified atom stereocenters. The molecule has 11 aliphatic rings. The lowest BCUT2D eigenvalue weighted by atomic mass is 9.65. The topological polar surface area (TPSA) is 364 Å². The lowest BCUT2D eigenvalue weighted by Crippen LogP contribution is -2.74. The first-order valence-corrected chi connectivity index (χ1v) is 44.4. The molecule has 0 saturated carbocycles. The van der Waals surface area contributed by atoms with E-state index in [-0.39, 0.29) is 86.3 Å². The van der Waals surface area contributed by atoms with Gasteiger partial charge in [-0.05, 0) is 141 Å². The fraction of sp³-hybridized carbons (Fsp3) is 0.543. The number of carbonyl (C=O) groups is 6. The Balaban J connectivity index is 0.000000198. The number of alkyl carbamates (subject to hydrolysis) is 2. The second-order valence-electron chi connectivity index (χ2n) is 35.1. The molecule has 5 aromatic rings. The van der Waals surface area contributed by atoms with Gasteiger partial charge in [0, 0.05) is 114 Å². The van der Waals surface area contributed by atoms with Crippen LogP contribution in [-0.4, -0.2) is 258 Å². The van der Waals surface area contributed by atoms with E-state index in [1.54, 1.807) is 76.9 Å². The number of nitriles is 2. The average Bonchev–Trinajstić information content (AvgIpc) is 0.900. The van der Waals surface area contributed by atoms with Gasteiger partial charge >= 0.3 is 30.1 Å². The third-order valence-electron chi connectivity index (χ3n) is 25.2. The summed E-state index contributed by atoms with van der Waals surface area (Å²) in [6.45, 7) is 19.4. The second-order valence-corrected chi connectivity index (χ2v) is 37.3. The molecule has 5 aromatic carbocycles. The maximum Gasteiger partial charge on any atom is 0.408 e. The highest BCUT2D eigenvalue weighted by molar-refractivity contribution is 7.99. The molecule has 674 valence electrons. The first-order chi connectivity index (χ1) is 60.3. The zero-order valence-electron chi connectivity index (χ0n) is 74.0. The average molecular weight is 1780 g/mol. The molecule has 34 heteroatoms. The van der Waals surface area contributed by atoms with Gasteiger partial charge in [-0.3, -0.25) is 29.2 Å². The van der Waals surface area contributed by atoms with E-state index in [0.717, 1.165) is 33.4 Å². The number of piperidine rings is 1. The predicted octanol–water partition coefficient (Wildman–Crippen LogP) is 10.5. The molecule has 0 radical (unpaired) electrons. The largest absolute Gasteiger partial charge is 0.493 e. The number of piperazine rings is 2. The SMILES string of the molecule is COCCOCOc1c(OC)c(C)cc2c1[C@@H]1C3CC4(O)C(=O)C(C)=C5OCOC5=C4[C@H](COC(=O)[C@@H](CSCC4c5ccccc5-c5ccccc54)NC(=O)OC(C)(C)C)N3[C@@H](C#N)[C@H](C2)N1C.COCCOCOc1c(OC)c(C)cc2c1[C@@H]1C3[C@@H]4SC[C@H](NC(=O)OC(C)(C)C)C(=O)OC[C@@H](c5c6c(c(C)c(OC(C)=O)c54)OCO6)N3[C@@H](C#N)[C@H](C2)N1C. The van der Waals surface area contributed by atoms with Gasteiger partial charge in [0.1, 0.15) is 54.3 Å². The number of likely N-dealkylation sites (N-methyl/N-ethyl adjacent to an activating group) is 2. The minimum absolute atomic E-state index is 0.0437. The number of esters is 3. The van der Waals surface area contributed by atoms with Crippen molar-refractivity contribution in [1.29, 1.82) is 10.5 Å². The van der Waals surface area contributed by atoms with E-state index in [1.807, 2.05) is 70.1 Å². The highest BCUT2D eigenvalue weighted by Gasteiger charge is 2.66. The van der Waals surface area contributed by atoms with Crippen molar-refractivity contribution >= 4 is 59.4 Å². The number of amides is 2. The van der Waals surface area contributed by atoms with Crippen LogP contribution in [0.15, 0.2) is 83.3 Å². The summed E-state index contributed by atoms with van der Waals surface area (Å²) >= 11 is 2.89. The van der Waals surface area contributed by atoms with Gasteiger partial charge in [-0.15, -0.1) is 11.8 Å². The number of fused-ring (bicyclic) bond motifs is 20. The Labute approximate surface area is 741 Å². The van der Waals surface area contributed by atoms with E-state index in [9.17, 15) is 44.4 Å². The van der Waals surface area contributed by atoms with Crippen molar-refractivity contribution in [3.05, 3.63) is 145 Å². The standard InChI is InChI=1S/C52H60N4O12S.C40H50N4O12S/c1-28-19-30-20-37-39(22-53)56-38(43(55(37)6)41(30)46(44(28)62-8)65-26-63-18-17-61-7)21-52(60)42(47-45(66-27-67-47)29(2)48(52)57)40(56)23-64-49(58)36(54-50(59)68-51(3,4)5)25-69-24-35-33-15-11-9-13-31(33)32-14-10-12-16-34(32)35;1-19-12-22-13-24-25(14-41)44-26-15-51-38(46)23(42-39(47)56-40(4,5)6)16-57-37(29-28(26)36-34(53-18-54-36)20(2)33(29)55-21(3)45)31(44)30(43(24)7)27(22)35(32(19)49-9)52-17-50-11-10-48-8/h9-16,19,35-40,43,60H,17-18,20-21,23-27H2,1-8H3,(H,54,59);12,23-26,30-31,37H,10-11,13,15-18H2,1-9H3,(H,42,47)/t36-,37+,38?,39+,40+,43+,52?;23-,24-,25-,26-,30+,31?,37+/m10/s1. The smallest absolute Gasteiger partial charge is 0.408 e. The van der Waals surface area contributed by atoms with Gasteiger partial charge in [0.25, 0.3) is 0 Å². The van der Waals surface area contributed by atoms with E-state index in [1.165, 1.54) is 52.7 Å². The maximum absolute atomic E-state index is 14.7. The molecule has 0 spiro atoms. The first kappa shape index (κ1) is 90.7. The van der Waals surface area contributed by atoms with Crippen molar-refractivity contribution < 1.29 is 114 Å². The zero-order valence-corrected chi connectivity index (χ0v) is 75.6. The molecule has 5 fully saturated rings. The number of nitrogens with one attached hydrogen (secondary N) is 2. The molecule has 9 heterocycles. The van der Waals surface area contributed by atoms with Crippen LogP contribution in [0.1, 0.15) is 152 Å². The van der Waals surface area contributed by atoms with Gasteiger partial charge in [0.05, 0.1) is 82.2 Å². The van der Waals surface area contributed by atoms with Crippen molar-refractivity contribution in [1.82, 2.24) is 30.2 Å². The Hall–Kier alpha value is -10.1. The number of Topliss-reactive ketones (excluding diaryl/α,β-unsaturated/α-hetero) is 1. The minimum atomic E-state index is -2.16. The molecular formula is C92H110N8O24S2. The minimum Gasteiger partial charge on any atom is -0.493 e. The van der Waals surface area contributed by atoms with E-state index in [4.69, 9.17) is 80.5 Å². The molecule has 6 bridgehead atoms. The van der Waals surface area contributed by atoms with Gasteiger partial charge in [-0.2, -0.15) is 22.3 Å². The number of hydrogen-bond donors (Lipinski definition) is 3. The number of thioether (sulfide) groups is 2. The highest BCUT2D eigenvalue weighted by Crippen LogP contribution is 2.65. The van der Waals surface area contributed by atoms with Crippen LogP contribution in [0.3, 0.4) is 0 Å². The molecule has 126 heavy (non-hydrogen) atoms. The number of ether oxygens (including phenoxy) is 17. The molecule has 14 atom stereocenters. The van der Waals surface area contributed by atoms with Crippen molar-refractivity contribution in [2.45, 2.75) is 196 Å². The Kier molecular flexibility index (Phi) is 26.6. The normalized spacial score (nSPS) is 25.7. The molecule has 16 rings (SSSR count). The van der Waals surface area contributed by atoms with E-state index >= 15 is 0 Å². The van der Waals surface area contributed by atoms with E-state index in [2.05, 4.69) is 67.8 Å². The van der Waals surface area contributed by atoms with Gasteiger partial charge in [0.2, 0.25) is 13.6 Å². The fourth-order valence-electron chi connectivity index (χ4n) is 20.3. The Morgan fingerprint density at radius 1 is 0.675 bits per heavy atom.